The van der Waals surface area contributed by atoms with Crippen LogP contribution in [0.3, 0.4) is 0 Å². The number of benzene rings is 1. The second-order valence-corrected chi connectivity index (χ2v) is 10.1. The molecular formula is C21H25ClN6O4S. The van der Waals surface area contributed by atoms with Crippen molar-refractivity contribution in [2.24, 2.45) is 0 Å². The summed E-state index contributed by atoms with van der Waals surface area (Å²) in [5.41, 5.74) is 2.16. The molecule has 0 atom stereocenters. The lowest BCUT2D eigenvalue weighted by Crippen LogP contribution is -2.49. The van der Waals surface area contributed by atoms with Crippen molar-refractivity contribution >= 4 is 39.2 Å². The minimum atomic E-state index is -3.68. The maximum atomic E-state index is 13.2. The standard InChI is InChI=1S/C21H25ClN6O4S/c1-4-32-19(29)12-17-15(3)25-21-23-13-24-28(21)20(17)26-7-9-27(10-8-26)33(30,31)16-6-5-14(2)18(22)11-16/h5-6,11,13H,4,7-10,12H2,1-3H3. The van der Waals surface area contributed by atoms with Crippen LogP contribution in [0, 0.1) is 13.8 Å². The Morgan fingerprint density at radius 2 is 1.91 bits per heavy atom. The molecule has 0 aliphatic carbocycles. The Kier molecular flexibility index (Phi) is 6.55. The van der Waals surface area contributed by atoms with E-state index < -0.39 is 10.0 Å². The van der Waals surface area contributed by atoms with Gasteiger partial charge in [-0.1, -0.05) is 17.7 Å². The summed E-state index contributed by atoms with van der Waals surface area (Å²) in [6.07, 6.45) is 1.44. The number of hydrogen-bond donors (Lipinski definition) is 0. The molecule has 0 unspecified atom stereocenters. The number of carbonyl (C=O) groups excluding carboxylic acids is 1. The van der Waals surface area contributed by atoms with E-state index in [2.05, 4.69) is 15.1 Å². The van der Waals surface area contributed by atoms with E-state index in [1.165, 1.54) is 16.7 Å². The van der Waals surface area contributed by atoms with Gasteiger partial charge in [-0.15, -0.1) is 0 Å². The maximum Gasteiger partial charge on any atom is 0.310 e. The summed E-state index contributed by atoms with van der Waals surface area (Å²) in [6, 6.07) is 4.76. The summed E-state index contributed by atoms with van der Waals surface area (Å²) in [6.45, 7) is 7.04. The normalized spacial score (nSPS) is 15.2. The van der Waals surface area contributed by atoms with E-state index in [0.717, 1.165) is 5.56 Å². The van der Waals surface area contributed by atoms with Gasteiger partial charge in [0.2, 0.25) is 10.0 Å². The Bertz CT molecular complexity index is 1300. The molecule has 0 spiro atoms. The van der Waals surface area contributed by atoms with Crippen molar-refractivity contribution in [2.75, 3.05) is 37.7 Å². The number of piperazine rings is 1. The van der Waals surface area contributed by atoms with Crippen LogP contribution in [0.5, 0.6) is 0 Å². The molecule has 10 nitrogen and oxygen atoms in total. The number of fused-ring (bicyclic) bond motifs is 1. The third kappa shape index (κ3) is 4.53. The van der Waals surface area contributed by atoms with E-state index in [1.807, 2.05) is 18.7 Å². The maximum absolute atomic E-state index is 13.2. The molecule has 4 rings (SSSR count). The summed E-state index contributed by atoms with van der Waals surface area (Å²) in [5.74, 6) is 0.735. The van der Waals surface area contributed by atoms with Crippen molar-refractivity contribution in [1.29, 1.82) is 0 Å². The average molecular weight is 493 g/mol. The molecule has 0 saturated carbocycles. The molecule has 0 N–H and O–H groups in total. The number of ether oxygens (including phenoxy) is 1. The average Bonchev–Trinajstić information content (AvgIpc) is 3.24. The van der Waals surface area contributed by atoms with Gasteiger partial charge in [-0.2, -0.15) is 18.9 Å². The Morgan fingerprint density at radius 1 is 1.18 bits per heavy atom. The van der Waals surface area contributed by atoms with Crippen molar-refractivity contribution in [1.82, 2.24) is 23.9 Å². The highest BCUT2D eigenvalue weighted by molar-refractivity contribution is 7.89. The molecule has 1 fully saturated rings. The Labute approximate surface area is 197 Å². The molecule has 1 aliphatic heterocycles. The van der Waals surface area contributed by atoms with Gasteiger partial charge >= 0.3 is 5.97 Å². The molecule has 176 valence electrons. The van der Waals surface area contributed by atoms with Crippen molar-refractivity contribution in [3.05, 3.63) is 46.4 Å². The first-order valence-electron chi connectivity index (χ1n) is 10.6. The van der Waals surface area contributed by atoms with Gasteiger partial charge in [0, 0.05) is 42.5 Å². The highest BCUT2D eigenvalue weighted by atomic mass is 35.5. The van der Waals surface area contributed by atoms with Crippen LogP contribution in [-0.2, 0) is 26.0 Å². The molecule has 3 heterocycles. The number of esters is 1. The number of nitrogens with zero attached hydrogens (tertiary/aromatic N) is 6. The first-order valence-corrected chi connectivity index (χ1v) is 12.4. The van der Waals surface area contributed by atoms with Gasteiger partial charge in [0.05, 0.1) is 17.9 Å². The van der Waals surface area contributed by atoms with Gasteiger partial charge in [-0.05, 0) is 38.5 Å². The lowest BCUT2D eigenvalue weighted by molar-refractivity contribution is -0.142. The van der Waals surface area contributed by atoms with Crippen molar-refractivity contribution < 1.29 is 17.9 Å². The molecule has 1 aromatic carbocycles. The Balaban J connectivity index is 1.62. The van der Waals surface area contributed by atoms with Crippen LogP contribution in [0.1, 0.15) is 23.7 Å². The van der Waals surface area contributed by atoms with Gasteiger partial charge < -0.3 is 9.64 Å². The van der Waals surface area contributed by atoms with E-state index in [1.54, 1.807) is 23.6 Å². The van der Waals surface area contributed by atoms with Crippen molar-refractivity contribution in [3.8, 4) is 0 Å². The quantitative estimate of drug-likeness (QED) is 0.480. The van der Waals surface area contributed by atoms with Gasteiger partial charge in [-0.3, -0.25) is 4.79 Å². The second-order valence-electron chi connectivity index (χ2n) is 7.76. The molecular weight excluding hydrogens is 468 g/mol. The lowest BCUT2D eigenvalue weighted by Gasteiger charge is -2.36. The van der Waals surface area contributed by atoms with Crippen LogP contribution < -0.4 is 4.90 Å². The van der Waals surface area contributed by atoms with Gasteiger partial charge in [0.25, 0.3) is 5.78 Å². The zero-order chi connectivity index (χ0) is 23.8. The zero-order valence-corrected chi connectivity index (χ0v) is 20.2. The number of aromatic nitrogens is 4. The predicted molar refractivity (Wildman–Crippen MR) is 123 cm³/mol. The minimum Gasteiger partial charge on any atom is -0.466 e. The summed E-state index contributed by atoms with van der Waals surface area (Å²) in [7, 11) is -3.68. The highest BCUT2D eigenvalue weighted by Gasteiger charge is 2.31. The number of carbonyl (C=O) groups is 1. The molecule has 2 aromatic heterocycles. The van der Waals surface area contributed by atoms with Crippen LogP contribution in [-0.4, -0.2) is 71.1 Å². The third-order valence-electron chi connectivity index (χ3n) is 5.65. The SMILES string of the molecule is CCOC(=O)Cc1c(C)nc2ncnn2c1N1CCN(S(=O)(=O)c2ccc(C)c(Cl)c2)CC1. The largest absolute Gasteiger partial charge is 0.466 e. The first-order chi connectivity index (χ1) is 15.7. The van der Waals surface area contributed by atoms with Gasteiger partial charge in [0.15, 0.2) is 0 Å². The summed E-state index contributed by atoms with van der Waals surface area (Å²) >= 11 is 6.15. The Hall–Kier alpha value is -2.76. The lowest BCUT2D eigenvalue weighted by atomic mass is 10.1. The molecule has 0 amide bonds. The van der Waals surface area contributed by atoms with Crippen molar-refractivity contribution in [3.63, 3.8) is 0 Å². The van der Waals surface area contributed by atoms with Crippen molar-refractivity contribution in [2.45, 2.75) is 32.1 Å². The highest BCUT2D eigenvalue weighted by Crippen LogP contribution is 2.28. The van der Waals surface area contributed by atoms with Crippen LogP contribution in [0.2, 0.25) is 5.02 Å². The number of halogens is 1. The van der Waals surface area contributed by atoms with Gasteiger partial charge in [-0.25, -0.2) is 13.4 Å². The fourth-order valence-corrected chi connectivity index (χ4v) is 5.57. The van der Waals surface area contributed by atoms with Crippen LogP contribution in [0.4, 0.5) is 5.82 Å². The topological polar surface area (TPSA) is 110 Å². The van der Waals surface area contributed by atoms with Crippen LogP contribution in [0.15, 0.2) is 29.4 Å². The Morgan fingerprint density at radius 3 is 2.58 bits per heavy atom. The van der Waals surface area contributed by atoms with E-state index in [4.69, 9.17) is 16.3 Å². The van der Waals surface area contributed by atoms with Crippen LogP contribution >= 0.6 is 11.6 Å². The molecule has 1 saturated heterocycles. The molecule has 0 radical (unpaired) electrons. The number of hydrogen-bond acceptors (Lipinski definition) is 8. The van der Waals surface area contributed by atoms with E-state index in [9.17, 15) is 13.2 Å². The third-order valence-corrected chi connectivity index (χ3v) is 7.95. The number of sulfonamides is 1. The number of rotatable bonds is 6. The zero-order valence-electron chi connectivity index (χ0n) is 18.7. The molecule has 0 bridgehead atoms. The minimum absolute atomic E-state index is 0.0399. The first kappa shape index (κ1) is 23.4. The fraction of sp³-hybridized carbons (Fsp3) is 0.429. The molecule has 1 aliphatic rings. The number of anilines is 1. The fourth-order valence-electron chi connectivity index (χ4n) is 3.88. The van der Waals surface area contributed by atoms with E-state index >= 15 is 0 Å². The molecule has 33 heavy (non-hydrogen) atoms. The molecule has 12 heteroatoms. The van der Waals surface area contributed by atoms with E-state index in [0.29, 0.717) is 41.0 Å². The number of aryl methyl sites for hydroxylation is 2. The van der Waals surface area contributed by atoms with E-state index in [-0.39, 0.29) is 37.0 Å². The molecule has 3 aromatic rings. The predicted octanol–water partition coefficient (Wildman–Crippen LogP) is 2.01. The monoisotopic (exact) mass is 492 g/mol. The summed E-state index contributed by atoms with van der Waals surface area (Å²) in [5, 5.41) is 4.70. The summed E-state index contributed by atoms with van der Waals surface area (Å²) < 4.78 is 34.5. The summed E-state index contributed by atoms with van der Waals surface area (Å²) in [4.78, 5) is 23.1. The smallest absolute Gasteiger partial charge is 0.310 e. The van der Waals surface area contributed by atoms with Gasteiger partial charge in [0.1, 0.15) is 12.1 Å². The second kappa shape index (κ2) is 9.24. The van der Waals surface area contributed by atoms with Crippen LogP contribution in [0.25, 0.3) is 5.78 Å².